The molecule has 0 fully saturated rings. The number of amides is 1. The fourth-order valence-electron chi connectivity index (χ4n) is 3.04. The number of carbonyl (C=O) groups excluding carboxylic acids is 1. The highest BCUT2D eigenvalue weighted by Gasteiger charge is 2.39. The minimum absolute atomic E-state index is 0.234. The van der Waals surface area contributed by atoms with Gasteiger partial charge in [-0.2, -0.15) is 5.26 Å². The number of hydrogen-bond donors (Lipinski definition) is 2. The van der Waals surface area contributed by atoms with Crippen molar-refractivity contribution in [2.45, 2.75) is 12.8 Å². The minimum Gasteiger partial charge on any atom is -0.495 e. The summed E-state index contributed by atoms with van der Waals surface area (Å²) in [5.41, 5.74) is 1.61. The number of nitrogens with zero attached hydrogens (tertiary/aromatic N) is 2. The molecular weight excluding hydrogens is 366 g/mol. The number of hydrogen-bond acceptors (Lipinski definition) is 6. The first-order valence-electron chi connectivity index (χ1n) is 7.92. The molecule has 1 N–H and O–H groups in total. The van der Waals surface area contributed by atoms with Crippen LogP contribution in [0.2, 0.25) is 0 Å². The maximum atomic E-state index is 13.1. The number of anilines is 1. The summed E-state index contributed by atoms with van der Waals surface area (Å²) >= 11 is 5.86. The summed E-state index contributed by atoms with van der Waals surface area (Å²) in [6.07, 6.45) is 0. The SMILES string of the molecule is COc1ccccc1NC(=O)C1C(C)=NC(S)=C(C#N)[C@H]1c1cccs1. The van der Waals surface area contributed by atoms with Crippen molar-refractivity contribution in [2.24, 2.45) is 10.9 Å². The maximum Gasteiger partial charge on any atom is 0.234 e. The topological polar surface area (TPSA) is 74.5 Å². The first-order valence-corrected chi connectivity index (χ1v) is 9.25. The van der Waals surface area contributed by atoms with Crippen molar-refractivity contribution in [3.05, 3.63) is 57.3 Å². The van der Waals surface area contributed by atoms with E-state index in [-0.39, 0.29) is 5.91 Å². The molecule has 1 unspecified atom stereocenters. The number of para-hydroxylation sites is 2. The number of thiophene rings is 1. The van der Waals surface area contributed by atoms with E-state index < -0.39 is 11.8 Å². The van der Waals surface area contributed by atoms with Crippen LogP contribution in [0.1, 0.15) is 17.7 Å². The van der Waals surface area contributed by atoms with E-state index in [1.165, 1.54) is 11.3 Å². The summed E-state index contributed by atoms with van der Waals surface area (Å²) in [6, 6.07) is 13.2. The predicted molar refractivity (Wildman–Crippen MR) is 107 cm³/mol. The Morgan fingerprint density at radius 1 is 1.35 bits per heavy atom. The molecule has 1 aliphatic rings. The zero-order valence-corrected chi connectivity index (χ0v) is 16.0. The molecule has 0 radical (unpaired) electrons. The normalized spacial score (nSPS) is 19.5. The summed E-state index contributed by atoms with van der Waals surface area (Å²) in [6.45, 7) is 1.79. The third-order valence-corrected chi connectivity index (χ3v) is 5.53. The monoisotopic (exact) mass is 383 g/mol. The van der Waals surface area contributed by atoms with Crippen molar-refractivity contribution in [3.8, 4) is 11.8 Å². The summed E-state index contributed by atoms with van der Waals surface area (Å²) in [5, 5.41) is 14.8. The van der Waals surface area contributed by atoms with Crippen molar-refractivity contribution in [1.29, 1.82) is 5.26 Å². The molecule has 26 heavy (non-hydrogen) atoms. The van der Waals surface area contributed by atoms with Gasteiger partial charge in [0.2, 0.25) is 5.91 Å². The smallest absolute Gasteiger partial charge is 0.234 e. The number of ether oxygens (including phenoxy) is 1. The number of carbonyl (C=O) groups is 1. The summed E-state index contributed by atoms with van der Waals surface area (Å²) in [4.78, 5) is 18.4. The molecule has 5 nitrogen and oxygen atoms in total. The molecule has 2 atom stereocenters. The molecule has 132 valence electrons. The van der Waals surface area contributed by atoms with Crippen LogP contribution in [0.25, 0.3) is 0 Å². The van der Waals surface area contributed by atoms with Crippen LogP contribution in [0.4, 0.5) is 5.69 Å². The second-order valence-electron chi connectivity index (χ2n) is 5.76. The van der Waals surface area contributed by atoms with Crippen molar-refractivity contribution in [1.82, 2.24) is 0 Å². The van der Waals surface area contributed by atoms with Crippen LogP contribution in [0.15, 0.2) is 57.4 Å². The van der Waals surface area contributed by atoms with Crippen LogP contribution in [-0.2, 0) is 4.79 Å². The van der Waals surface area contributed by atoms with E-state index in [0.717, 1.165) is 4.88 Å². The van der Waals surface area contributed by atoms with Crippen LogP contribution in [-0.4, -0.2) is 18.7 Å². The lowest BCUT2D eigenvalue weighted by Gasteiger charge is -2.29. The standard InChI is InChI=1S/C19H17N3O2S2/c1-11-16(18(23)22-13-6-3-4-7-14(13)24-2)17(15-8-5-9-26-15)12(10-20)19(25)21-11/h3-9,16-17,25H,1-2H3,(H,22,23)/t16?,17-/m0/s1. The van der Waals surface area contributed by atoms with Crippen molar-refractivity contribution in [2.75, 3.05) is 12.4 Å². The number of allylic oxidation sites excluding steroid dienone is 1. The van der Waals surface area contributed by atoms with Gasteiger partial charge in [0, 0.05) is 16.5 Å². The average Bonchev–Trinajstić information content (AvgIpc) is 3.15. The van der Waals surface area contributed by atoms with Gasteiger partial charge < -0.3 is 10.1 Å². The van der Waals surface area contributed by atoms with Gasteiger partial charge in [0.15, 0.2) is 0 Å². The number of aliphatic imine (C=N–C) groups is 1. The molecule has 1 aromatic heterocycles. The number of rotatable bonds is 4. The Bertz CT molecular complexity index is 927. The van der Waals surface area contributed by atoms with Crippen LogP contribution < -0.4 is 10.1 Å². The summed E-state index contributed by atoms with van der Waals surface area (Å²) < 4.78 is 5.30. The van der Waals surface area contributed by atoms with E-state index in [9.17, 15) is 10.1 Å². The van der Waals surface area contributed by atoms with Crippen LogP contribution >= 0.6 is 24.0 Å². The fourth-order valence-corrected chi connectivity index (χ4v) is 4.26. The molecule has 1 aliphatic heterocycles. The van der Waals surface area contributed by atoms with Crippen LogP contribution in [0.3, 0.4) is 0 Å². The minimum atomic E-state index is -0.593. The quantitative estimate of drug-likeness (QED) is 0.776. The molecule has 1 amide bonds. The van der Waals surface area contributed by atoms with Gasteiger partial charge in [-0.1, -0.05) is 18.2 Å². The Morgan fingerprint density at radius 2 is 2.12 bits per heavy atom. The molecule has 0 bridgehead atoms. The Labute approximate surface area is 161 Å². The molecule has 3 rings (SSSR count). The van der Waals surface area contributed by atoms with Crippen molar-refractivity contribution < 1.29 is 9.53 Å². The van der Waals surface area contributed by atoms with Crippen molar-refractivity contribution in [3.63, 3.8) is 0 Å². The van der Waals surface area contributed by atoms with E-state index in [2.05, 4.69) is 29.0 Å². The first-order chi connectivity index (χ1) is 12.6. The highest BCUT2D eigenvalue weighted by molar-refractivity contribution is 7.84. The number of thiol groups is 1. The van der Waals surface area contributed by atoms with E-state index in [4.69, 9.17) is 4.74 Å². The zero-order chi connectivity index (χ0) is 18.7. The van der Waals surface area contributed by atoms with Gasteiger partial charge in [0.1, 0.15) is 10.8 Å². The van der Waals surface area contributed by atoms with Gasteiger partial charge in [-0.3, -0.25) is 4.79 Å². The Balaban J connectivity index is 2.00. The van der Waals surface area contributed by atoms with E-state index in [0.29, 0.717) is 27.8 Å². The molecule has 0 saturated heterocycles. The second kappa shape index (κ2) is 7.77. The predicted octanol–water partition coefficient (Wildman–Crippen LogP) is 4.23. The number of nitrogens with one attached hydrogen (secondary N) is 1. The lowest BCUT2D eigenvalue weighted by atomic mass is 9.80. The number of nitriles is 1. The van der Waals surface area contributed by atoms with E-state index >= 15 is 0 Å². The molecular formula is C19H17N3O2S2. The zero-order valence-electron chi connectivity index (χ0n) is 14.3. The molecule has 7 heteroatoms. The first kappa shape index (κ1) is 18.2. The molecule has 0 spiro atoms. The third kappa shape index (κ3) is 3.39. The summed E-state index contributed by atoms with van der Waals surface area (Å²) in [7, 11) is 1.55. The van der Waals surface area contributed by atoms with Crippen LogP contribution in [0.5, 0.6) is 5.75 Å². The third-order valence-electron chi connectivity index (χ3n) is 4.24. The molecule has 0 aliphatic carbocycles. The van der Waals surface area contributed by atoms with E-state index in [1.54, 1.807) is 26.2 Å². The highest BCUT2D eigenvalue weighted by atomic mass is 32.1. The largest absolute Gasteiger partial charge is 0.495 e. The second-order valence-corrected chi connectivity index (χ2v) is 7.17. The van der Waals surface area contributed by atoms with Gasteiger partial charge >= 0.3 is 0 Å². The summed E-state index contributed by atoms with van der Waals surface area (Å²) in [5.74, 6) is -0.656. The van der Waals surface area contributed by atoms with Crippen LogP contribution in [0, 0.1) is 17.2 Å². The molecule has 0 saturated carbocycles. The number of benzene rings is 1. The van der Waals surface area contributed by atoms with E-state index in [1.807, 2.05) is 29.6 Å². The molecule has 2 aromatic rings. The van der Waals surface area contributed by atoms with Gasteiger partial charge in [-0.15, -0.1) is 24.0 Å². The van der Waals surface area contributed by atoms with Crippen molar-refractivity contribution >= 4 is 41.3 Å². The molecule has 1 aromatic carbocycles. The highest BCUT2D eigenvalue weighted by Crippen LogP contribution is 2.42. The lowest BCUT2D eigenvalue weighted by molar-refractivity contribution is -0.118. The van der Waals surface area contributed by atoms with Gasteiger partial charge in [0.05, 0.1) is 30.4 Å². The Hall–Kier alpha value is -2.56. The fraction of sp³-hybridized carbons (Fsp3) is 0.211. The lowest BCUT2D eigenvalue weighted by Crippen LogP contribution is -2.36. The number of methoxy groups -OCH3 is 1. The average molecular weight is 383 g/mol. The van der Waals surface area contributed by atoms with Gasteiger partial charge in [-0.25, -0.2) is 4.99 Å². The Kier molecular flexibility index (Phi) is 5.45. The van der Waals surface area contributed by atoms with Gasteiger partial charge in [-0.05, 0) is 30.5 Å². The Morgan fingerprint density at radius 3 is 2.77 bits per heavy atom. The van der Waals surface area contributed by atoms with Gasteiger partial charge in [0.25, 0.3) is 0 Å². The maximum absolute atomic E-state index is 13.1. The molecule has 2 heterocycles.